The second-order valence-electron chi connectivity index (χ2n) is 4.61. The van der Waals surface area contributed by atoms with E-state index in [1.165, 1.54) is 0 Å². The van der Waals surface area contributed by atoms with Crippen molar-refractivity contribution in [3.63, 3.8) is 0 Å². The summed E-state index contributed by atoms with van der Waals surface area (Å²) in [5.74, 6) is 0.181. The second kappa shape index (κ2) is 8.85. The summed E-state index contributed by atoms with van der Waals surface area (Å²) >= 11 is 0. The third-order valence-corrected chi connectivity index (χ3v) is 3.78. The van der Waals surface area contributed by atoms with Crippen LogP contribution in [0.25, 0.3) is 0 Å². The smallest absolute Gasteiger partial charge is 0.211 e. The molecule has 0 aliphatic rings. The minimum Gasteiger partial charge on any atom is -0.383 e. The molecule has 0 fully saturated rings. The molecular weight excluding hydrogens is 240 g/mol. The van der Waals surface area contributed by atoms with E-state index in [2.05, 4.69) is 23.9 Å². The summed E-state index contributed by atoms with van der Waals surface area (Å²) in [5, 5.41) is 3.26. The molecule has 0 rings (SSSR count). The average molecular weight is 266 g/mol. The first-order valence-corrected chi connectivity index (χ1v) is 7.75. The van der Waals surface area contributed by atoms with Crippen molar-refractivity contribution in [2.24, 2.45) is 0 Å². The third-order valence-electron chi connectivity index (χ3n) is 2.19. The number of unbranched alkanes of at least 4 members (excludes halogenated alkanes) is 1. The predicted octanol–water partition coefficient (Wildman–Crippen LogP) is 0.719. The van der Waals surface area contributed by atoms with Gasteiger partial charge in [0.15, 0.2) is 0 Å². The molecule has 0 saturated heterocycles. The van der Waals surface area contributed by atoms with Gasteiger partial charge in [0.25, 0.3) is 0 Å². The number of hydrogen-bond acceptors (Lipinski definition) is 4. The van der Waals surface area contributed by atoms with Crippen LogP contribution in [0.15, 0.2) is 0 Å². The van der Waals surface area contributed by atoms with Crippen LogP contribution in [-0.2, 0) is 14.8 Å². The van der Waals surface area contributed by atoms with Crippen LogP contribution in [0, 0.1) is 0 Å². The Morgan fingerprint density at radius 3 is 2.35 bits per heavy atom. The number of rotatable bonds is 10. The molecule has 0 aromatic heterocycles. The molecule has 0 amide bonds. The van der Waals surface area contributed by atoms with E-state index in [0.29, 0.717) is 19.1 Å². The Hall–Kier alpha value is -0.170. The first-order valence-electron chi connectivity index (χ1n) is 6.09. The topological polar surface area (TPSA) is 67.4 Å². The molecule has 0 aliphatic carbocycles. The van der Waals surface area contributed by atoms with Crippen molar-refractivity contribution in [2.45, 2.75) is 45.7 Å². The number of hydrogen-bond donors (Lipinski definition) is 2. The first-order chi connectivity index (χ1) is 7.87. The Balaban J connectivity index is 3.71. The quantitative estimate of drug-likeness (QED) is 0.572. The normalized spacial score (nSPS) is 14.2. The van der Waals surface area contributed by atoms with Gasteiger partial charge < -0.3 is 10.1 Å². The van der Waals surface area contributed by atoms with Gasteiger partial charge in [0.2, 0.25) is 10.0 Å². The van der Waals surface area contributed by atoms with Gasteiger partial charge >= 0.3 is 0 Å². The zero-order chi connectivity index (χ0) is 13.3. The van der Waals surface area contributed by atoms with Crippen LogP contribution in [0.5, 0.6) is 0 Å². The van der Waals surface area contributed by atoms with Crippen LogP contribution in [0.3, 0.4) is 0 Å². The van der Waals surface area contributed by atoms with Crippen molar-refractivity contribution >= 4 is 10.0 Å². The van der Waals surface area contributed by atoms with Gasteiger partial charge in [0.1, 0.15) is 0 Å². The first kappa shape index (κ1) is 16.8. The monoisotopic (exact) mass is 266 g/mol. The molecule has 6 heteroatoms. The lowest BCUT2D eigenvalue weighted by Crippen LogP contribution is -2.37. The molecule has 0 spiro atoms. The molecule has 104 valence electrons. The largest absolute Gasteiger partial charge is 0.383 e. The van der Waals surface area contributed by atoms with Crippen LogP contribution in [0.1, 0.15) is 33.6 Å². The van der Waals surface area contributed by atoms with Crippen molar-refractivity contribution in [3.8, 4) is 0 Å². The molecule has 0 radical (unpaired) electrons. The summed E-state index contributed by atoms with van der Waals surface area (Å²) in [5.41, 5.74) is 0. The summed E-state index contributed by atoms with van der Waals surface area (Å²) in [7, 11) is -1.60. The van der Waals surface area contributed by atoms with Crippen LogP contribution in [0.4, 0.5) is 0 Å². The molecule has 1 unspecified atom stereocenters. The van der Waals surface area contributed by atoms with E-state index in [1.54, 1.807) is 14.0 Å². The summed E-state index contributed by atoms with van der Waals surface area (Å²) in [4.78, 5) is 0. The van der Waals surface area contributed by atoms with E-state index in [1.807, 2.05) is 0 Å². The Bertz CT molecular complexity index is 278. The van der Waals surface area contributed by atoms with Crippen molar-refractivity contribution < 1.29 is 13.2 Å². The molecule has 0 aliphatic heterocycles. The summed E-state index contributed by atoms with van der Waals surface area (Å²) in [6, 6.07) is 0.283. The molecule has 0 heterocycles. The number of nitrogens with one attached hydrogen (secondary N) is 2. The Morgan fingerprint density at radius 1 is 1.18 bits per heavy atom. The zero-order valence-corrected chi connectivity index (χ0v) is 12.1. The van der Waals surface area contributed by atoms with Crippen molar-refractivity contribution in [3.05, 3.63) is 0 Å². The Labute approximate surface area is 105 Å². The standard InChI is InChI=1S/C11H26N2O3S/c1-10(2)12-7-5-6-8-17(14,15)13-11(3)9-16-4/h10-13H,5-9H2,1-4H3. The SMILES string of the molecule is COCC(C)NS(=O)(=O)CCCCNC(C)C. The van der Waals surface area contributed by atoms with E-state index >= 15 is 0 Å². The lowest BCUT2D eigenvalue weighted by Gasteiger charge is -2.13. The maximum Gasteiger partial charge on any atom is 0.211 e. The fourth-order valence-corrected chi connectivity index (χ4v) is 2.84. The highest BCUT2D eigenvalue weighted by Crippen LogP contribution is 1.96. The second-order valence-corrected chi connectivity index (χ2v) is 6.48. The van der Waals surface area contributed by atoms with Crippen LogP contribution >= 0.6 is 0 Å². The van der Waals surface area contributed by atoms with Crippen molar-refractivity contribution in [1.82, 2.24) is 10.0 Å². The van der Waals surface area contributed by atoms with E-state index < -0.39 is 10.0 Å². The summed E-state index contributed by atoms with van der Waals surface area (Å²) in [6.07, 6.45) is 1.55. The van der Waals surface area contributed by atoms with Crippen LogP contribution in [-0.4, -0.2) is 46.5 Å². The average Bonchev–Trinajstić information content (AvgIpc) is 2.15. The lowest BCUT2D eigenvalue weighted by molar-refractivity contribution is 0.180. The molecule has 0 aromatic carbocycles. The van der Waals surface area contributed by atoms with Gasteiger partial charge in [-0.25, -0.2) is 13.1 Å². The summed E-state index contributed by atoms with van der Waals surface area (Å²) < 4.78 is 30.7. The van der Waals surface area contributed by atoms with Crippen molar-refractivity contribution in [2.75, 3.05) is 26.0 Å². The van der Waals surface area contributed by atoms with E-state index in [0.717, 1.165) is 13.0 Å². The highest BCUT2D eigenvalue weighted by Gasteiger charge is 2.13. The molecule has 1 atom stereocenters. The number of sulfonamides is 1. The molecule has 0 aromatic rings. The van der Waals surface area contributed by atoms with Gasteiger partial charge in [-0.2, -0.15) is 0 Å². The van der Waals surface area contributed by atoms with E-state index in [4.69, 9.17) is 4.74 Å². The number of methoxy groups -OCH3 is 1. The molecule has 0 bridgehead atoms. The Morgan fingerprint density at radius 2 is 1.82 bits per heavy atom. The molecule has 0 saturated carbocycles. The molecular formula is C11H26N2O3S. The number of ether oxygens (including phenoxy) is 1. The minimum atomic E-state index is -3.16. The Kier molecular flexibility index (Phi) is 8.77. The highest BCUT2D eigenvalue weighted by atomic mass is 32.2. The van der Waals surface area contributed by atoms with Gasteiger partial charge in [-0.05, 0) is 26.3 Å². The lowest BCUT2D eigenvalue weighted by atomic mass is 10.3. The van der Waals surface area contributed by atoms with Gasteiger partial charge in [0.05, 0.1) is 12.4 Å². The maximum absolute atomic E-state index is 11.6. The molecule has 5 nitrogen and oxygen atoms in total. The fourth-order valence-electron chi connectivity index (χ4n) is 1.46. The van der Waals surface area contributed by atoms with Gasteiger partial charge in [0, 0.05) is 19.2 Å². The van der Waals surface area contributed by atoms with Gasteiger partial charge in [-0.15, -0.1) is 0 Å². The third kappa shape index (κ3) is 10.7. The summed E-state index contributed by atoms with van der Waals surface area (Å²) in [6.45, 7) is 7.20. The molecule has 2 N–H and O–H groups in total. The predicted molar refractivity (Wildman–Crippen MR) is 70.6 cm³/mol. The van der Waals surface area contributed by atoms with Crippen LogP contribution in [0.2, 0.25) is 0 Å². The van der Waals surface area contributed by atoms with Gasteiger partial charge in [-0.3, -0.25) is 0 Å². The molecule has 17 heavy (non-hydrogen) atoms. The highest BCUT2D eigenvalue weighted by molar-refractivity contribution is 7.89. The van der Waals surface area contributed by atoms with Crippen molar-refractivity contribution in [1.29, 1.82) is 0 Å². The minimum absolute atomic E-state index is 0.168. The van der Waals surface area contributed by atoms with Crippen LogP contribution < -0.4 is 10.0 Å². The fraction of sp³-hybridized carbons (Fsp3) is 1.00. The van der Waals surface area contributed by atoms with E-state index in [-0.39, 0.29) is 11.8 Å². The maximum atomic E-state index is 11.6. The van der Waals surface area contributed by atoms with E-state index in [9.17, 15) is 8.42 Å². The van der Waals surface area contributed by atoms with Gasteiger partial charge in [-0.1, -0.05) is 13.8 Å². The zero-order valence-electron chi connectivity index (χ0n) is 11.3.